The van der Waals surface area contributed by atoms with Gasteiger partial charge in [-0.05, 0) is 20.0 Å². The van der Waals surface area contributed by atoms with Gasteiger partial charge in [-0.2, -0.15) is 13.2 Å². The molecule has 0 fully saturated rings. The van der Waals surface area contributed by atoms with Crippen molar-refractivity contribution < 1.29 is 18.0 Å². The molecule has 3 N–H and O–H groups in total. The van der Waals surface area contributed by atoms with E-state index in [4.69, 9.17) is 5.73 Å². The first-order valence-electron chi connectivity index (χ1n) is 6.00. The van der Waals surface area contributed by atoms with Crippen molar-refractivity contribution in [3.8, 4) is 0 Å². The van der Waals surface area contributed by atoms with E-state index < -0.39 is 12.7 Å². The number of nitrogens with two attached hydrogens (primary N) is 1. The van der Waals surface area contributed by atoms with Crippen LogP contribution in [0.15, 0.2) is 5.38 Å². The summed E-state index contributed by atoms with van der Waals surface area (Å²) in [6.07, 6.45) is -3.76. The van der Waals surface area contributed by atoms with E-state index in [9.17, 15) is 18.0 Å². The maximum absolute atomic E-state index is 12.1. The lowest BCUT2D eigenvalue weighted by molar-refractivity contribution is -0.143. The van der Waals surface area contributed by atoms with Crippen LogP contribution < -0.4 is 11.1 Å². The minimum atomic E-state index is -4.20. The maximum atomic E-state index is 12.1. The highest BCUT2D eigenvalue weighted by Crippen LogP contribution is 2.15. The lowest BCUT2D eigenvalue weighted by Crippen LogP contribution is -2.33. The fraction of sp³-hybridized carbons (Fsp3) is 0.636. The standard InChI is InChI=1S/C11H17F3N4OS/c1-18(7-11(12,13)14)4-2-3-16-10(19)8-6-20-9(5-15)17-8/h6H,2-5,7,15H2,1H3,(H,16,19). The van der Waals surface area contributed by atoms with Crippen molar-refractivity contribution >= 4 is 17.2 Å². The van der Waals surface area contributed by atoms with Gasteiger partial charge < -0.3 is 11.1 Å². The number of nitrogens with one attached hydrogen (secondary N) is 1. The molecule has 9 heteroatoms. The number of halogens is 3. The Hall–Kier alpha value is -1.19. The Kier molecular flexibility index (Phi) is 6.37. The van der Waals surface area contributed by atoms with Gasteiger partial charge >= 0.3 is 6.18 Å². The molecule has 0 saturated carbocycles. The molecule has 1 heterocycles. The smallest absolute Gasteiger partial charge is 0.351 e. The minimum absolute atomic E-state index is 0.255. The van der Waals surface area contributed by atoms with E-state index in [1.165, 1.54) is 23.3 Å². The third-order valence-electron chi connectivity index (χ3n) is 2.41. The molecule has 1 rings (SSSR count). The van der Waals surface area contributed by atoms with Crippen LogP contribution in [0.2, 0.25) is 0 Å². The SMILES string of the molecule is CN(CCCNC(=O)c1csc(CN)n1)CC(F)(F)F. The zero-order chi connectivity index (χ0) is 15.2. The molecule has 0 bridgehead atoms. The zero-order valence-electron chi connectivity index (χ0n) is 11.0. The molecule has 0 atom stereocenters. The zero-order valence-corrected chi connectivity index (χ0v) is 11.9. The van der Waals surface area contributed by atoms with Crippen LogP contribution in [0.1, 0.15) is 21.9 Å². The van der Waals surface area contributed by atoms with Crippen LogP contribution in [0.3, 0.4) is 0 Å². The molecule has 5 nitrogen and oxygen atoms in total. The molecule has 1 amide bonds. The van der Waals surface area contributed by atoms with E-state index in [-0.39, 0.29) is 19.0 Å². The fourth-order valence-corrected chi connectivity index (χ4v) is 2.19. The first kappa shape index (κ1) is 16.9. The van der Waals surface area contributed by atoms with Gasteiger partial charge in [-0.15, -0.1) is 11.3 Å². The van der Waals surface area contributed by atoms with Crippen molar-refractivity contribution in [1.82, 2.24) is 15.2 Å². The van der Waals surface area contributed by atoms with Crippen LogP contribution >= 0.6 is 11.3 Å². The molecule has 0 aliphatic heterocycles. The molecule has 0 aliphatic carbocycles. The van der Waals surface area contributed by atoms with E-state index in [1.807, 2.05) is 0 Å². The van der Waals surface area contributed by atoms with E-state index in [2.05, 4.69) is 10.3 Å². The summed E-state index contributed by atoms with van der Waals surface area (Å²) in [6.45, 7) is -0.117. The summed E-state index contributed by atoms with van der Waals surface area (Å²) in [7, 11) is 1.39. The average Bonchev–Trinajstić information content (AvgIpc) is 2.81. The van der Waals surface area contributed by atoms with Crippen LogP contribution in [-0.2, 0) is 6.54 Å². The Bertz CT molecular complexity index is 436. The summed E-state index contributed by atoms with van der Waals surface area (Å²) < 4.78 is 36.2. The van der Waals surface area contributed by atoms with E-state index >= 15 is 0 Å². The number of carbonyl (C=O) groups is 1. The Labute approximate surface area is 119 Å². The first-order chi connectivity index (χ1) is 9.31. The van der Waals surface area contributed by atoms with Crippen molar-refractivity contribution in [3.05, 3.63) is 16.1 Å². The average molecular weight is 310 g/mol. The molecule has 20 heavy (non-hydrogen) atoms. The summed E-state index contributed by atoms with van der Waals surface area (Å²) in [5.41, 5.74) is 5.68. The molecule has 0 radical (unpaired) electrons. The number of thiazole rings is 1. The third kappa shape index (κ3) is 6.31. The number of amides is 1. The highest BCUT2D eigenvalue weighted by molar-refractivity contribution is 7.09. The fourth-order valence-electron chi connectivity index (χ4n) is 1.54. The van der Waals surface area contributed by atoms with Crippen molar-refractivity contribution in [3.63, 3.8) is 0 Å². The van der Waals surface area contributed by atoms with Crippen molar-refractivity contribution in [1.29, 1.82) is 0 Å². The van der Waals surface area contributed by atoms with Gasteiger partial charge in [0, 0.05) is 18.5 Å². The van der Waals surface area contributed by atoms with Crippen LogP contribution in [0, 0.1) is 0 Å². The van der Waals surface area contributed by atoms with E-state index in [1.54, 1.807) is 5.38 Å². The predicted octanol–water partition coefficient (Wildman–Crippen LogP) is 1.22. The quantitative estimate of drug-likeness (QED) is 0.743. The van der Waals surface area contributed by atoms with Crippen molar-refractivity contribution in [2.24, 2.45) is 5.73 Å². The normalized spacial score (nSPS) is 11.9. The second-order valence-corrected chi connectivity index (χ2v) is 5.24. The number of carbonyl (C=O) groups excluding carboxylic acids is 1. The molecule has 1 aromatic rings. The minimum Gasteiger partial charge on any atom is -0.351 e. The molecule has 0 saturated heterocycles. The number of hydrogen-bond acceptors (Lipinski definition) is 5. The van der Waals surface area contributed by atoms with Crippen LogP contribution in [0.5, 0.6) is 0 Å². The van der Waals surface area contributed by atoms with E-state index in [0.717, 1.165) is 0 Å². The van der Waals surface area contributed by atoms with Gasteiger partial charge in [-0.1, -0.05) is 0 Å². The molecular weight excluding hydrogens is 293 g/mol. The molecule has 0 aromatic carbocycles. The topological polar surface area (TPSA) is 71.2 Å². The highest BCUT2D eigenvalue weighted by Gasteiger charge is 2.28. The number of hydrogen-bond donors (Lipinski definition) is 2. The summed E-state index contributed by atoms with van der Waals surface area (Å²) in [6, 6.07) is 0. The van der Waals surface area contributed by atoms with Crippen molar-refractivity contribution in [2.45, 2.75) is 19.1 Å². The Balaban J connectivity index is 2.22. The van der Waals surface area contributed by atoms with Gasteiger partial charge in [0.05, 0.1) is 6.54 Å². The van der Waals surface area contributed by atoms with Gasteiger partial charge in [-0.25, -0.2) is 4.98 Å². The number of rotatable bonds is 7. The lowest BCUT2D eigenvalue weighted by Gasteiger charge is -2.18. The van der Waals surface area contributed by atoms with Gasteiger partial charge in [-0.3, -0.25) is 9.69 Å². The first-order valence-corrected chi connectivity index (χ1v) is 6.88. The Morgan fingerprint density at radius 3 is 2.80 bits per heavy atom. The molecule has 0 aliphatic rings. The van der Waals surface area contributed by atoms with Crippen LogP contribution in [-0.4, -0.2) is 48.6 Å². The molecule has 0 unspecified atom stereocenters. The summed E-state index contributed by atoms with van der Waals surface area (Å²) in [5, 5.41) is 4.88. The maximum Gasteiger partial charge on any atom is 0.401 e. The van der Waals surface area contributed by atoms with Gasteiger partial charge in [0.25, 0.3) is 5.91 Å². The second kappa shape index (κ2) is 7.55. The van der Waals surface area contributed by atoms with E-state index in [0.29, 0.717) is 23.7 Å². The summed E-state index contributed by atoms with van der Waals surface area (Å²) in [5.74, 6) is -0.334. The summed E-state index contributed by atoms with van der Waals surface area (Å²) in [4.78, 5) is 16.8. The van der Waals surface area contributed by atoms with Crippen LogP contribution in [0.25, 0.3) is 0 Å². The van der Waals surface area contributed by atoms with Gasteiger partial charge in [0.1, 0.15) is 10.7 Å². The molecule has 1 aromatic heterocycles. The largest absolute Gasteiger partial charge is 0.401 e. The summed E-state index contributed by atoms with van der Waals surface area (Å²) >= 11 is 1.30. The third-order valence-corrected chi connectivity index (χ3v) is 3.28. The number of aromatic nitrogens is 1. The van der Waals surface area contributed by atoms with Crippen LogP contribution in [0.4, 0.5) is 13.2 Å². The predicted molar refractivity (Wildman–Crippen MR) is 70.5 cm³/mol. The Morgan fingerprint density at radius 1 is 1.55 bits per heavy atom. The molecule has 0 spiro atoms. The molecular formula is C11H17F3N4OS. The van der Waals surface area contributed by atoms with Gasteiger partial charge in [0.2, 0.25) is 0 Å². The number of nitrogens with zero attached hydrogens (tertiary/aromatic N) is 2. The number of alkyl halides is 3. The Morgan fingerprint density at radius 2 is 2.25 bits per heavy atom. The van der Waals surface area contributed by atoms with Crippen molar-refractivity contribution in [2.75, 3.05) is 26.7 Å². The second-order valence-electron chi connectivity index (χ2n) is 4.29. The van der Waals surface area contributed by atoms with Gasteiger partial charge in [0.15, 0.2) is 0 Å². The monoisotopic (exact) mass is 310 g/mol. The molecule has 114 valence electrons. The highest BCUT2D eigenvalue weighted by atomic mass is 32.1. The lowest BCUT2D eigenvalue weighted by atomic mass is 10.3.